The van der Waals surface area contributed by atoms with Gasteiger partial charge in [0.2, 0.25) is 0 Å². The molecule has 1 rings (SSSR count). The Labute approximate surface area is 84.9 Å². The molecule has 0 saturated heterocycles. The average molecular weight is 189 g/mol. The van der Waals surface area contributed by atoms with Gasteiger partial charge in [0.05, 0.1) is 6.54 Å². The third-order valence-electron chi connectivity index (χ3n) is 2.02. The number of terminal acetylenes is 1. The predicted molar refractivity (Wildman–Crippen MR) is 58.9 cm³/mol. The largest absolute Gasteiger partial charge is 0.349 e. The highest BCUT2D eigenvalue weighted by Crippen LogP contribution is 2.12. The zero-order valence-corrected chi connectivity index (χ0v) is 8.57. The van der Waals surface area contributed by atoms with Gasteiger partial charge in [-0.25, -0.2) is 4.98 Å². The highest BCUT2D eigenvalue weighted by molar-refractivity contribution is 5.40. The molecule has 0 aliphatic heterocycles. The van der Waals surface area contributed by atoms with Crippen molar-refractivity contribution in [2.45, 2.75) is 13.0 Å². The molecule has 0 bridgehead atoms. The Kier molecular flexibility index (Phi) is 3.49. The van der Waals surface area contributed by atoms with E-state index >= 15 is 0 Å². The normalized spacial score (nSPS) is 11.9. The third kappa shape index (κ3) is 2.48. The van der Waals surface area contributed by atoms with Crippen molar-refractivity contribution in [3.63, 3.8) is 0 Å². The zero-order chi connectivity index (χ0) is 10.6. The van der Waals surface area contributed by atoms with Crippen LogP contribution in [0.3, 0.4) is 0 Å². The Morgan fingerprint density at radius 3 is 2.79 bits per heavy atom. The summed E-state index contributed by atoms with van der Waals surface area (Å²) in [6.45, 7) is 2.49. The zero-order valence-electron chi connectivity index (χ0n) is 8.57. The molecule has 0 fully saturated rings. The van der Waals surface area contributed by atoms with Crippen LogP contribution in [-0.2, 0) is 0 Å². The van der Waals surface area contributed by atoms with Crippen molar-refractivity contribution in [1.29, 1.82) is 0 Å². The van der Waals surface area contributed by atoms with Gasteiger partial charge in [-0.1, -0.05) is 12.0 Å². The fraction of sp³-hybridized carbons (Fsp3) is 0.364. The van der Waals surface area contributed by atoms with Gasteiger partial charge in [-0.05, 0) is 18.6 Å². The molecule has 1 aromatic heterocycles. The fourth-order valence-corrected chi connectivity index (χ4v) is 1.11. The second-order valence-electron chi connectivity index (χ2n) is 3.30. The van der Waals surface area contributed by atoms with Gasteiger partial charge < -0.3 is 10.6 Å². The quantitative estimate of drug-likeness (QED) is 0.726. The minimum absolute atomic E-state index is 0.0227. The number of aromatic nitrogens is 1. The Morgan fingerprint density at radius 2 is 2.36 bits per heavy atom. The van der Waals surface area contributed by atoms with Crippen molar-refractivity contribution < 1.29 is 0 Å². The summed E-state index contributed by atoms with van der Waals surface area (Å²) in [4.78, 5) is 6.18. The summed E-state index contributed by atoms with van der Waals surface area (Å²) >= 11 is 0. The van der Waals surface area contributed by atoms with Gasteiger partial charge in [0, 0.05) is 19.3 Å². The summed E-state index contributed by atoms with van der Waals surface area (Å²) in [6.07, 6.45) is 6.99. The molecule has 0 aromatic carbocycles. The van der Waals surface area contributed by atoms with Crippen LogP contribution in [0.25, 0.3) is 0 Å². The van der Waals surface area contributed by atoms with Crippen molar-refractivity contribution in [1.82, 2.24) is 4.98 Å². The first-order chi connectivity index (χ1) is 6.65. The van der Waals surface area contributed by atoms with E-state index in [0.717, 1.165) is 11.4 Å². The first-order valence-electron chi connectivity index (χ1n) is 4.51. The minimum Gasteiger partial charge on any atom is -0.349 e. The van der Waals surface area contributed by atoms with E-state index in [2.05, 4.69) is 10.9 Å². The molecule has 1 heterocycles. The van der Waals surface area contributed by atoms with Crippen molar-refractivity contribution in [3.8, 4) is 12.3 Å². The van der Waals surface area contributed by atoms with Crippen LogP contribution >= 0.6 is 0 Å². The van der Waals surface area contributed by atoms with Crippen LogP contribution in [-0.4, -0.2) is 18.6 Å². The molecule has 74 valence electrons. The number of hydrogen-bond donors (Lipinski definition) is 1. The van der Waals surface area contributed by atoms with E-state index in [4.69, 9.17) is 12.2 Å². The number of rotatable bonds is 3. The first-order valence-corrected chi connectivity index (χ1v) is 4.51. The Hall–Kier alpha value is -1.53. The third-order valence-corrected chi connectivity index (χ3v) is 2.02. The van der Waals surface area contributed by atoms with E-state index < -0.39 is 0 Å². The molecule has 0 unspecified atom stereocenters. The lowest BCUT2D eigenvalue weighted by atomic mass is 10.1. The first kappa shape index (κ1) is 10.6. The number of nitrogens with zero attached hydrogens (tertiary/aromatic N) is 2. The summed E-state index contributed by atoms with van der Waals surface area (Å²) < 4.78 is 0. The maximum atomic E-state index is 5.71. The van der Waals surface area contributed by atoms with E-state index in [-0.39, 0.29) is 6.04 Å². The lowest BCUT2D eigenvalue weighted by Crippen LogP contribution is -2.18. The molecule has 0 aliphatic rings. The lowest BCUT2D eigenvalue weighted by molar-refractivity contribution is 0.810. The van der Waals surface area contributed by atoms with Gasteiger partial charge in [-0.3, -0.25) is 0 Å². The topological polar surface area (TPSA) is 42.1 Å². The molecule has 14 heavy (non-hydrogen) atoms. The summed E-state index contributed by atoms with van der Waals surface area (Å²) in [5, 5.41) is 0. The summed E-state index contributed by atoms with van der Waals surface area (Å²) in [5.74, 6) is 3.43. The summed E-state index contributed by atoms with van der Waals surface area (Å²) in [5.41, 5.74) is 6.74. The van der Waals surface area contributed by atoms with E-state index in [1.54, 1.807) is 6.20 Å². The molecule has 0 spiro atoms. The van der Waals surface area contributed by atoms with E-state index in [9.17, 15) is 0 Å². The fourth-order valence-electron chi connectivity index (χ4n) is 1.11. The Bertz CT molecular complexity index is 321. The van der Waals surface area contributed by atoms with Gasteiger partial charge >= 0.3 is 0 Å². The molecule has 1 atom stereocenters. The standard InChI is InChI=1S/C11H15N3/c1-4-7-14(3)11-6-5-10(8-13-11)9(2)12/h1,5-6,8-9H,7,12H2,2-3H3/t9-/m0/s1. The highest BCUT2D eigenvalue weighted by Gasteiger charge is 2.02. The molecule has 3 heteroatoms. The second-order valence-corrected chi connectivity index (χ2v) is 3.30. The van der Waals surface area contributed by atoms with E-state index in [0.29, 0.717) is 6.54 Å². The van der Waals surface area contributed by atoms with Crippen LogP contribution in [0.5, 0.6) is 0 Å². The average Bonchev–Trinajstić information content (AvgIpc) is 2.18. The number of nitrogens with two attached hydrogens (primary N) is 1. The maximum Gasteiger partial charge on any atom is 0.129 e. The molecule has 1 aromatic rings. The van der Waals surface area contributed by atoms with Crippen molar-refractivity contribution in [2.75, 3.05) is 18.5 Å². The molecule has 0 saturated carbocycles. The second kappa shape index (κ2) is 4.64. The smallest absolute Gasteiger partial charge is 0.129 e. The minimum atomic E-state index is 0.0227. The van der Waals surface area contributed by atoms with Gasteiger partial charge in [0.1, 0.15) is 5.82 Å². The van der Waals surface area contributed by atoms with E-state index in [1.165, 1.54) is 0 Å². The van der Waals surface area contributed by atoms with Gasteiger partial charge in [-0.2, -0.15) is 0 Å². The van der Waals surface area contributed by atoms with Crippen LogP contribution in [0.4, 0.5) is 5.82 Å². The molecule has 0 radical (unpaired) electrons. The highest BCUT2D eigenvalue weighted by atomic mass is 15.1. The van der Waals surface area contributed by atoms with Crippen LogP contribution in [0.2, 0.25) is 0 Å². The number of hydrogen-bond acceptors (Lipinski definition) is 3. The Morgan fingerprint density at radius 1 is 1.64 bits per heavy atom. The van der Waals surface area contributed by atoms with Crippen molar-refractivity contribution in [3.05, 3.63) is 23.9 Å². The van der Waals surface area contributed by atoms with Crippen molar-refractivity contribution in [2.24, 2.45) is 5.73 Å². The monoisotopic (exact) mass is 189 g/mol. The molecule has 0 amide bonds. The van der Waals surface area contributed by atoms with Crippen LogP contribution in [0.1, 0.15) is 18.5 Å². The maximum absolute atomic E-state index is 5.71. The van der Waals surface area contributed by atoms with E-state index in [1.807, 2.05) is 31.0 Å². The summed E-state index contributed by atoms with van der Waals surface area (Å²) in [7, 11) is 1.91. The molecule has 0 aliphatic carbocycles. The predicted octanol–water partition coefficient (Wildman–Crippen LogP) is 1.17. The molecular formula is C11H15N3. The number of pyridine rings is 1. The SMILES string of the molecule is C#CCN(C)c1ccc([C@H](C)N)cn1. The van der Waals surface area contributed by atoms with Crippen LogP contribution in [0, 0.1) is 12.3 Å². The molecule has 3 nitrogen and oxygen atoms in total. The van der Waals surface area contributed by atoms with Gasteiger partial charge in [-0.15, -0.1) is 6.42 Å². The van der Waals surface area contributed by atoms with Gasteiger partial charge in [0.15, 0.2) is 0 Å². The lowest BCUT2D eigenvalue weighted by Gasteiger charge is -2.15. The summed E-state index contributed by atoms with van der Waals surface area (Å²) in [6, 6.07) is 3.92. The Balaban J connectivity index is 2.78. The molecular weight excluding hydrogens is 174 g/mol. The number of anilines is 1. The van der Waals surface area contributed by atoms with Gasteiger partial charge in [0.25, 0.3) is 0 Å². The molecule has 2 N–H and O–H groups in total. The van der Waals surface area contributed by atoms with Crippen molar-refractivity contribution >= 4 is 5.82 Å². The van der Waals surface area contributed by atoms with Crippen LogP contribution < -0.4 is 10.6 Å². The van der Waals surface area contributed by atoms with Crippen LogP contribution in [0.15, 0.2) is 18.3 Å².